The number of amides is 3. The molecule has 0 aliphatic heterocycles. The van der Waals surface area contributed by atoms with E-state index in [9.17, 15) is 14.4 Å². The number of carbonyl (C=O) groups excluding carboxylic acids is 2. The molecule has 0 spiro atoms. The molecule has 3 rings (SSSR count). The zero-order valence-corrected chi connectivity index (χ0v) is 19.6. The van der Waals surface area contributed by atoms with E-state index < -0.39 is 11.9 Å². The number of nitrogens with one attached hydrogen (secondary N) is 2. The molecule has 0 aliphatic rings. The van der Waals surface area contributed by atoms with Crippen molar-refractivity contribution >= 4 is 34.6 Å². The topological polar surface area (TPSA) is 93.1 Å². The van der Waals surface area contributed by atoms with E-state index in [0.29, 0.717) is 28.5 Å². The number of hydrogen-bond acceptors (Lipinski definition) is 5. The molecule has 2 aromatic carbocycles. The Kier molecular flexibility index (Phi) is 7.69. The summed E-state index contributed by atoms with van der Waals surface area (Å²) in [5, 5.41) is 5.91. The van der Waals surface area contributed by atoms with Crippen LogP contribution in [0.3, 0.4) is 0 Å². The summed E-state index contributed by atoms with van der Waals surface area (Å²) in [7, 11) is 0. The third-order valence-corrected chi connectivity index (χ3v) is 6.09. The Hall–Kier alpha value is -3.13. The molecule has 7 nitrogen and oxygen atoms in total. The lowest BCUT2D eigenvalue weighted by atomic mass is 10.1. The minimum absolute atomic E-state index is 0.0484. The van der Waals surface area contributed by atoms with Gasteiger partial charge in [-0.25, -0.2) is 9.78 Å². The van der Waals surface area contributed by atoms with Crippen LogP contribution >= 0.6 is 11.8 Å². The van der Waals surface area contributed by atoms with Crippen molar-refractivity contribution in [2.45, 2.75) is 39.3 Å². The molecule has 0 saturated carbocycles. The Labute approximate surface area is 191 Å². The zero-order chi connectivity index (χ0) is 23.3. The lowest BCUT2D eigenvalue weighted by Gasteiger charge is -2.16. The second kappa shape index (κ2) is 10.5. The smallest absolute Gasteiger partial charge is 0.321 e. The lowest BCUT2D eigenvalue weighted by molar-refractivity contribution is -0.117. The summed E-state index contributed by atoms with van der Waals surface area (Å²) in [6, 6.07) is 12.4. The van der Waals surface area contributed by atoms with Crippen LogP contribution in [0.5, 0.6) is 0 Å². The molecule has 0 radical (unpaired) electrons. The molecule has 0 fully saturated rings. The van der Waals surface area contributed by atoms with E-state index in [1.807, 2.05) is 38.1 Å². The van der Waals surface area contributed by atoms with Gasteiger partial charge in [-0.05, 0) is 55.5 Å². The maximum atomic E-state index is 13.4. The van der Waals surface area contributed by atoms with Crippen LogP contribution in [-0.4, -0.2) is 33.8 Å². The van der Waals surface area contributed by atoms with E-state index in [0.717, 1.165) is 35.0 Å². The fourth-order valence-corrected chi connectivity index (χ4v) is 4.02. The number of para-hydroxylation sites is 1. The van der Waals surface area contributed by atoms with E-state index >= 15 is 0 Å². The first-order valence-electron chi connectivity index (χ1n) is 10.6. The normalized spacial score (nSPS) is 11.0. The number of thioether (sulfide) groups is 1. The van der Waals surface area contributed by atoms with Crippen LogP contribution in [-0.2, 0) is 4.79 Å². The van der Waals surface area contributed by atoms with Gasteiger partial charge in [0, 0.05) is 6.54 Å². The van der Waals surface area contributed by atoms with Gasteiger partial charge in [-0.2, -0.15) is 0 Å². The maximum absolute atomic E-state index is 13.4. The highest BCUT2D eigenvalue weighted by Crippen LogP contribution is 2.24. The summed E-state index contributed by atoms with van der Waals surface area (Å²) in [6.45, 7) is 8.56. The fraction of sp³-hybridized carbons (Fsp3) is 0.333. The highest BCUT2D eigenvalue weighted by Gasteiger charge is 2.17. The number of rotatable bonds is 7. The van der Waals surface area contributed by atoms with Gasteiger partial charge in [-0.15, -0.1) is 0 Å². The predicted octanol–water partition coefficient (Wildman–Crippen LogP) is 3.97. The summed E-state index contributed by atoms with van der Waals surface area (Å²) in [4.78, 5) is 42.3. The molecular weight excluding hydrogens is 424 g/mol. The van der Waals surface area contributed by atoms with Gasteiger partial charge in [0.05, 0.1) is 22.3 Å². The maximum Gasteiger partial charge on any atom is 0.321 e. The number of imide groups is 1. The number of benzene rings is 2. The molecule has 32 heavy (non-hydrogen) atoms. The Bertz CT molecular complexity index is 1200. The molecule has 0 unspecified atom stereocenters. The van der Waals surface area contributed by atoms with Crippen molar-refractivity contribution in [3.05, 3.63) is 63.9 Å². The molecule has 1 aromatic heterocycles. The summed E-state index contributed by atoms with van der Waals surface area (Å²) >= 11 is 1.12. The van der Waals surface area contributed by atoms with Gasteiger partial charge >= 0.3 is 6.03 Å². The number of fused-ring (bicyclic) bond motifs is 1. The molecule has 3 amide bonds. The molecule has 0 atom stereocenters. The van der Waals surface area contributed by atoms with Gasteiger partial charge in [-0.1, -0.05) is 49.9 Å². The largest absolute Gasteiger partial charge is 0.338 e. The molecule has 2 N–H and O–H groups in total. The number of hydrogen-bond donors (Lipinski definition) is 2. The van der Waals surface area contributed by atoms with Crippen molar-refractivity contribution in [3.8, 4) is 5.69 Å². The molecule has 0 aliphatic carbocycles. The molecular formula is C24H28N4O3S. The van der Waals surface area contributed by atoms with Gasteiger partial charge in [-0.3, -0.25) is 19.5 Å². The van der Waals surface area contributed by atoms with E-state index in [-0.39, 0.29) is 11.3 Å². The Morgan fingerprint density at radius 1 is 1.09 bits per heavy atom. The van der Waals surface area contributed by atoms with Crippen molar-refractivity contribution in [2.24, 2.45) is 5.92 Å². The number of aryl methyl sites for hydroxylation is 1. The van der Waals surface area contributed by atoms with E-state index in [4.69, 9.17) is 0 Å². The van der Waals surface area contributed by atoms with Crippen molar-refractivity contribution in [1.82, 2.24) is 20.2 Å². The lowest BCUT2D eigenvalue weighted by Crippen LogP contribution is -2.41. The highest BCUT2D eigenvalue weighted by atomic mass is 32.2. The fourth-order valence-electron chi connectivity index (χ4n) is 3.21. The van der Waals surface area contributed by atoms with Crippen molar-refractivity contribution in [2.75, 3.05) is 12.3 Å². The van der Waals surface area contributed by atoms with Crippen LogP contribution in [0.1, 0.15) is 31.4 Å². The van der Waals surface area contributed by atoms with Crippen molar-refractivity contribution in [3.63, 3.8) is 0 Å². The van der Waals surface area contributed by atoms with Gasteiger partial charge in [0.2, 0.25) is 5.91 Å². The van der Waals surface area contributed by atoms with Crippen LogP contribution in [0.15, 0.2) is 52.4 Å². The Balaban J connectivity index is 1.86. The first-order chi connectivity index (χ1) is 15.3. The van der Waals surface area contributed by atoms with Crippen LogP contribution < -0.4 is 16.2 Å². The second-order valence-corrected chi connectivity index (χ2v) is 8.99. The van der Waals surface area contributed by atoms with E-state index in [1.165, 1.54) is 0 Å². The first-order valence-corrected chi connectivity index (χ1v) is 11.6. The summed E-state index contributed by atoms with van der Waals surface area (Å²) in [6.07, 6.45) is 0.833. The molecule has 8 heteroatoms. The second-order valence-electron chi connectivity index (χ2n) is 8.05. The highest BCUT2D eigenvalue weighted by molar-refractivity contribution is 7.99. The third-order valence-electron chi connectivity index (χ3n) is 5.15. The number of aromatic nitrogens is 2. The van der Waals surface area contributed by atoms with Crippen molar-refractivity contribution < 1.29 is 9.59 Å². The van der Waals surface area contributed by atoms with Gasteiger partial charge in [0.25, 0.3) is 5.56 Å². The van der Waals surface area contributed by atoms with Crippen LogP contribution in [0, 0.1) is 19.8 Å². The van der Waals surface area contributed by atoms with E-state index in [1.54, 1.807) is 22.8 Å². The molecule has 3 aromatic rings. The summed E-state index contributed by atoms with van der Waals surface area (Å²) in [5.41, 5.74) is 3.10. The minimum Gasteiger partial charge on any atom is -0.338 e. The number of carbonyl (C=O) groups is 2. The van der Waals surface area contributed by atoms with Gasteiger partial charge in [0.1, 0.15) is 0 Å². The molecule has 0 saturated heterocycles. The number of nitrogens with zero attached hydrogens (tertiary/aromatic N) is 2. The summed E-state index contributed by atoms with van der Waals surface area (Å²) < 4.78 is 1.55. The SMILES string of the molecule is Cc1cccc(-n2c(SCC(=O)NC(=O)NCCC(C)C)nc3ccccc3c2=O)c1C. The third kappa shape index (κ3) is 5.56. The van der Waals surface area contributed by atoms with Crippen LogP contribution in [0.25, 0.3) is 16.6 Å². The van der Waals surface area contributed by atoms with Crippen molar-refractivity contribution in [1.29, 1.82) is 0 Å². The molecule has 0 bridgehead atoms. The Morgan fingerprint density at radius 3 is 2.59 bits per heavy atom. The van der Waals surface area contributed by atoms with Crippen LogP contribution in [0.2, 0.25) is 0 Å². The van der Waals surface area contributed by atoms with Gasteiger partial charge in [0.15, 0.2) is 5.16 Å². The molecule has 1 heterocycles. The zero-order valence-electron chi connectivity index (χ0n) is 18.8. The standard InChI is InChI=1S/C24H28N4O3S/c1-15(2)12-13-25-23(31)27-21(29)14-32-24-26-19-10-6-5-9-18(19)22(30)28(24)20-11-7-8-16(3)17(20)4/h5-11,15H,12-14H2,1-4H3,(H2,25,27,29,31). The minimum atomic E-state index is -0.519. The number of urea groups is 1. The van der Waals surface area contributed by atoms with E-state index in [2.05, 4.69) is 29.5 Å². The average Bonchev–Trinajstić information content (AvgIpc) is 2.74. The quantitative estimate of drug-likeness (QED) is 0.418. The van der Waals surface area contributed by atoms with Gasteiger partial charge < -0.3 is 5.32 Å². The first kappa shape index (κ1) is 23.5. The predicted molar refractivity (Wildman–Crippen MR) is 129 cm³/mol. The molecule has 168 valence electrons. The summed E-state index contributed by atoms with van der Waals surface area (Å²) in [5.74, 6) is -0.0397. The monoisotopic (exact) mass is 452 g/mol. The average molecular weight is 453 g/mol. The van der Waals surface area contributed by atoms with Crippen LogP contribution in [0.4, 0.5) is 4.79 Å². The Morgan fingerprint density at radius 2 is 1.84 bits per heavy atom.